The molecule has 1 fully saturated rings. The lowest BCUT2D eigenvalue weighted by Crippen LogP contribution is -2.51. The van der Waals surface area contributed by atoms with Gasteiger partial charge in [-0.1, -0.05) is 12.1 Å². The quantitative estimate of drug-likeness (QED) is 0.920. The molecule has 1 saturated heterocycles. The molecule has 0 spiro atoms. The summed E-state index contributed by atoms with van der Waals surface area (Å²) in [6.07, 6.45) is -4.56. The van der Waals surface area contributed by atoms with Crippen LogP contribution in [0.1, 0.15) is 12.0 Å². The predicted octanol–water partition coefficient (Wildman–Crippen LogP) is 1.91. The van der Waals surface area contributed by atoms with E-state index in [2.05, 4.69) is 5.43 Å². The van der Waals surface area contributed by atoms with Gasteiger partial charge in [0.05, 0.1) is 7.11 Å². The maximum atomic E-state index is 13.1. The van der Waals surface area contributed by atoms with Crippen LogP contribution in [-0.2, 0) is 11.2 Å². The van der Waals surface area contributed by atoms with Crippen molar-refractivity contribution < 1.29 is 22.7 Å². The Balaban J connectivity index is 2.17. The van der Waals surface area contributed by atoms with Gasteiger partial charge in [0.2, 0.25) is 5.91 Å². The molecule has 110 valence electrons. The number of ether oxygens (including phenoxy) is 1. The van der Waals surface area contributed by atoms with Gasteiger partial charge in [0.1, 0.15) is 11.8 Å². The van der Waals surface area contributed by atoms with Gasteiger partial charge in [-0.25, -0.2) is 5.01 Å². The van der Waals surface area contributed by atoms with Crippen LogP contribution in [0.3, 0.4) is 0 Å². The van der Waals surface area contributed by atoms with Crippen LogP contribution in [0.25, 0.3) is 0 Å². The molecule has 0 aliphatic carbocycles. The van der Waals surface area contributed by atoms with Gasteiger partial charge in [0, 0.05) is 13.0 Å². The molecule has 0 unspecified atom stereocenters. The Morgan fingerprint density at radius 2 is 2.20 bits per heavy atom. The molecular formula is C13H15F3N2O2. The number of carbonyl (C=O) groups is 1. The maximum absolute atomic E-state index is 13.1. The number of nitrogens with zero attached hydrogens (tertiary/aromatic N) is 1. The molecule has 0 saturated carbocycles. The van der Waals surface area contributed by atoms with Crippen LogP contribution in [0.15, 0.2) is 24.3 Å². The summed E-state index contributed by atoms with van der Waals surface area (Å²) in [4.78, 5) is 11.1. The van der Waals surface area contributed by atoms with E-state index in [1.54, 1.807) is 24.3 Å². The highest BCUT2D eigenvalue weighted by Crippen LogP contribution is 2.29. The molecule has 0 aromatic heterocycles. The number of amides is 1. The van der Waals surface area contributed by atoms with Crippen LogP contribution in [0.4, 0.5) is 13.2 Å². The minimum atomic E-state index is -4.42. The van der Waals surface area contributed by atoms with Gasteiger partial charge in [-0.05, 0) is 24.1 Å². The zero-order chi connectivity index (χ0) is 14.8. The lowest BCUT2D eigenvalue weighted by molar-refractivity contribution is -0.187. The van der Waals surface area contributed by atoms with Crippen molar-refractivity contribution in [2.45, 2.75) is 25.1 Å². The van der Waals surface area contributed by atoms with Crippen LogP contribution >= 0.6 is 0 Å². The molecule has 20 heavy (non-hydrogen) atoms. The number of hydrogen-bond donors (Lipinski definition) is 1. The normalized spacial score (nSPS) is 17.9. The van der Waals surface area contributed by atoms with Crippen LogP contribution in [0.5, 0.6) is 5.75 Å². The van der Waals surface area contributed by atoms with Gasteiger partial charge in [-0.15, -0.1) is 0 Å². The Morgan fingerprint density at radius 3 is 2.75 bits per heavy atom. The second kappa shape index (κ2) is 5.70. The Bertz CT molecular complexity index is 491. The van der Waals surface area contributed by atoms with Gasteiger partial charge in [0.15, 0.2) is 0 Å². The standard InChI is InChI=1S/C13H15F3N2O2/c1-20-10-4-2-3-9(7-10)8-11(13(14,15)16)18-6-5-12(19)17-18/h2-4,7,11H,5-6,8H2,1H3,(H,17,19)/t11-/m0/s1. The number of halogens is 3. The lowest BCUT2D eigenvalue weighted by atomic mass is 10.0. The van der Waals surface area contributed by atoms with E-state index in [0.717, 1.165) is 5.01 Å². The molecule has 1 aromatic rings. The molecular weight excluding hydrogens is 273 g/mol. The Kier molecular flexibility index (Phi) is 4.17. The first-order valence-corrected chi connectivity index (χ1v) is 6.16. The monoisotopic (exact) mass is 288 g/mol. The maximum Gasteiger partial charge on any atom is 0.406 e. The Hall–Kier alpha value is -1.76. The third-order valence-corrected chi connectivity index (χ3v) is 3.17. The smallest absolute Gasteiger partial charge is 0.406 e. The van der Waals surface area contributed by atoms with Crippen molar-refractivity contribution in [3.63, 3.8) is 0 Å². The molecule has 1 aromatic carbocycles. The number of carbonyl (C=O) groups excluding carboxylic acids is 1. The number of benzene rings is 1. The molecule has 4 nitrogen and oxygen atoms in total. The lowest BCUT2D eigenvalue weighted by Gasteiger charge is -2.29. The SMILES string of the molecule is COc1cccc(C[C@H](N2CCC(=O)N2)C(F)(F)F)c1. The Morgan fingerprint density at radius 1 is 1.45 bits per heavy atom. The first-order chi connectivity index (χ1) is 9.40. The zero-order valence-corrected chi connectivity index (χ0v) is 10.9. The van der Waals surface area contributed by atoms with E-state index >= 15 is 0 Å². The van der Waals surface area contributed by atoms with Crippen LogP contribution < -0.4 is 10.2 Å². The fourth-order valence-corrected chi connectivity index (χ4v) is 2.15. The van der Waals surface area contributed by atoms with Crippen molar-refractivity contribution in [2.24, 2.45) is 0 Å². The molecule has 1 aliphatic heterocycles. The second-order valence-corrected chi connectivity index (χ2v) is 4.59. The highest BCUT2D eigenvalue weighted by molar-refractivity contribution is 5.77. The minimum absolute atomic E-state index is 0.0625. The average molecular weight is 288 g/mol. The number of methoxy groups -OCH3 is 1. The summed E-state index contributed by atoms with van der Waals surface area (Å²) < 4.78 is 44.4. The van der Waals surface area contributed by atoms with Crippen molar-refractivity contribution in [1.29, 1.82) is 0 Å². The molecule has 1 aliphatic rings. The predicted molar refractivity (Wildman–Crippen MR) is 66.0 cm³/mol. The molecule has 7 heteroatoms. The van der Waals surface area contributed by atoms with Gasteiger partial charge in [0.25, 0.3) is 0 Å². The molecule has 1 amide bonds. The summed E-state index contributed by atoms with van der Waals surface area (Å²) in [6, 6.07) is 4.75. The number of nitrogens with one attached hydrogen (secondary N) is 1. The van der Waals surface area contributed by atoms with Crippen molar-refractivity contribution in [2.75, 3.05) is 13.7 Å². The number of hydrogen-bond acceptors (Lipinski definition) is 3. The molecule has 1 N–H and O–H groups in total. The van der Waals surface area contributed by atoms with Gasteiger partial charge in [-0.2, -0.15) is 13.2 Å². The largest absolute Gasteiger partial charge is 0.497 e. The van der Waals surface area contributed by atoms with Crippen molar-refractivity contribution in [3.05, 3.63) is 29.8 Å². The third kappa shape index (κ3) is 3.41. The first-order valence-electron chi connectivity index (χ1n) is 6.16. The average Bonchev–Trinajstić information content (AvgIpc) is 2.81. The molecule has 0 radical (unpaired) electrons. The highest BCUT2D eigenvalue weighted by Gasteiger charge is 2.45. The summed E-state index contributed by atoms with van der Waals surface area (Å²) in [7, 11) is 1.46. The molecule has 0 bridgehead atoms. The fraction of sp³-hybridized carbons (Fsp3) is 0.462. The van der Waals surface area contributed by atoms with E-state index in [9.17, 15) is 18.0 Å². The summed E-state index contributed by atoms with van der Waals surface area (Å²) >= 11 is 0. The van der Waals surface area contributed by atoms with E-state index in [4.69, 9.17) is 4.74 Å². The van der Waals surface area contributed by atoms with Gasteiger partial charge >= 0.3 is 6.18 Å². The summed E-state index contributed by atoms with van der Waals surface area (Å²) in [5.74, 6) is 0.124. The molecule has 2 rings (SSSR count). The molecule has 1 heterocycles. The second-order valence-electron chi connectivity index (χ2n) is 4.59. The van der Waals surface area contributed by atoms with Gasteiger partial charge in [-0.3, -0.25) is 10.2 Å². The van der Waals surface area contributed by atoms with Gasteiger partial charge < -0.3 is 4.74 Å². The van der Waals surface area contributed by atoms with E-state index in [-0.39, 0.29) is 25.3 Å². The van der Waals surface area contributed by atoms with E-state index in [1.165, 1.54) is 7.11 Å². The highest BCUT2D eigenvalue weighted by atomic mass is 19.4. The van der Waals surface area contributed by atoms with Crippen molar-refractivity contribution in [3.8, 4) is 5.75 Å². The van der Waals surface area contributed by atoms with E-state index in [1.807, 2.05) is 0 Å². The number of hydrazine groups is 1. The summed E-state index contributed by atoms with van der Waals surface area (Å²) in [5.41, 5.74) is 2.76. The van der Waals surface area contributed by atoms with Crippen molar-refractivity contribution in [1.82, 2.24) is 10.4 Å². The topological polar surface area (TPSA) is 41.6 Å². The molecule has 1 atom stereocenters. The summed E-state index contributed by atoms with van der Waals surface area (Å²) in [5, 5.41) is 0.960. The van der Waals surface area contributed by atoms with Crippen molar-refractivity contribution >= 4 is 5.91 Å². The number of alkyl halides is 3. The first kappa shape index (κ1) is 14.6. The van der Waals surface area contributed by atoms with Crippen LogP contribution in [-0.4, -0.2) is 36.8 Å². The van der Waals surface area contributed by atoms with E-state index in [0.29, 0.717) is 11.3 Å². The number of rotatable bonds is 4. The third-order valence-electron chi connectivity index (χ3n) is 3.17. The zero-order valence-electron chi connectivity index (χ0n) is 10.9. The van der Waals surface area contributed by atoms with Crippen LogP contribution in [0, 0.1) is 0 Å². The summed E-state index contributed by atoms with van der Waals surface area (Å²) in [6.45, 7) is 0.0625. The fourth-order valence-electron chi connectivity index (χ4n) is 2.15. The minimum Gasteiger partial charge on any atom is -0.497 e. The van der Waals surface area contributed by atoms with E-state index < -0.39 is 12.2 Å². The van der Waals surface area contributed by atoms with Crippen LogP contribution in [0.2, 0.25) is 0 Å². The Labute approximate surface area is 114 Å².